The topological polar surface area (TPSA) is 62.7 Å². The Bertz CT molecular complexity index is 580. The lowest BCUT2D eigenvalue weighted by molar-refractivity contribution is 0.612. The third-order valence-electron chi connectivity index (χ3n) is 2.46. The second-order valence-electron chi connectivity index (χ2n) is 5.49. The molecule has 2 aromatic rings. The molecule has 1 heterocycles. The van der Waals surface area contributed by atoms with E-state index in [1.807, 2.05) is 20.8 Å². The lowest BCUT2D eigenvalue weighted by Crippen LogP contribution is -2.27. The molecule has 0 unspecified atom stereocenters. The predicted molar refractivity (Wildman–Crippen MR) is 76.9 cm³/mol. The van der Waals surface area contributed by atoms with Gasteiger partial charge in [0.15, 0.2) is 5.82 Å². The van der Waals surface area contributed by atoms with Crippen molar-refractivity contribution in [3.8, 4) is 0 Å². The third-order valence-corrected chi connectivity index (χ3v) is 2.46. The van der Waals surface area contributed by atoms with Crippen LogP contribution in [0.15, 0.2) is 30.5 Å². The van der Waals surface area contributed by atoms with E-state index in [0.717, 1.165) is 0 Å². The van der Waals surface area contributed by atoms with Gasteiger partial charge < -0.3 is 10.6 Å². The summed E-state index contributed by atoms with van der Waals surface area (Å²) in [5.41, 5.74) is 0.433. The quantitative estimate of drug-likeness (QED) is 0.898. The highest BCUT2D eigenvalue weighted by atomic mass is 19.1. The normalized spacial score (nSPS) is 11.2. The first-order chi connectivity index (χ1) is 9.44. The first-order valence-corrected chi connectivity index (χ1v) is 6.39. The first-order valence-electron chi connectivity index (χ1n) is 6.39. The van der Waals surface area contributed by atoms with Gasteiger partial charge in [0.05, 0.1) is 6.20 Å². The van der Waals surface area contributed by atoms with Crippen LogP contribution in [0, 0.1) is 5.82 Å². The summed E-state index contributed by atoms with van der Waals surface area (Å²) in [5.74, 6) is 0.751. The number of rotatable bonds is 4. The van der Waals surface area contributed by atoms with Crippen LogP contribution in [0.1, 0.15) is 26.3 Å². The largest absolute Gasteiger partial charge is 0.364 e. The lowest BCUT2D eigenvalue weighted by atomic mass is 10.1. The third kappa shape index (κ3) is 4.15. The van der Waals surface area contributed by atoms with Gasteiger partial charge >= 0.3 is 0 Å². The fourth-order valence-electron chi connectivity index (χ4n) is 1.60. The monoisotopic (exact) mass is 275 g/mol. The Kier molecular flexibility index (Phi) is 4.12. The van der Waals surface area contributed by atoms with Gasteiger partial charge in [-0.1, -0.05) is 18.2 Å². The second-order valence-corrected chi connectivity index (χ2v) is 5.49. The molecule has 20 heavy (non-hydrogen) atoms. The van der Waals surface area contributed by atoms with E-state index in [4.69, 9.17) is 0 Å². The van der Waals surface area contributed by atoms with Crippen molar-refractivity contribution in [2.45, 2.75) is 32.9 Å². The van der Waals surface area contributed by atoms with Gasteiger partial charge in [-0.3, -0.25) is 0 Å². The van der Waals surface area contributed by atoms with Gasteiger partial charge in [-0.2, -0.15) is 10.1 Å². The molecule has 0 saturated heterocycles. The van der Waals surface area contributed by atoms with Crippen LogP contribution in [-0.2, 0) is 6.54 Å². The Labute approximate surface area is 117 Å². The molecule has 0 fully saturated rings. The zero-order chi connectivity index (χ0) is 14.6. The van der Waals surface area contributed by atoms with E-state index >= 15 is 0 Å². The summed E-state index contributed by atoms with van der Waals surface area (Å²) >= 11 is 0. The summed E-state index contributed by atoms with van der Waals surface area (Å²) in [6.07, 6.45) is 1.51. The minimum Gasteiger partial charge on any atom is -0.364 e. The number of hydrogen-bond acceptors (Lipinski definition) is 5. The molecule has 0 bridgehead atoms. The number of halogens is 1. The van der Waals surface area contributed by atoms with Crippen molar-refractivity contribution in [1.82, 2.24) is 15.2 Å². The van der Waals surface area contributed by atoms with Crippen LogP contribution < -0.4 is 10.6 Å². The van der Waals surface area contributed by atoms with E-state index in [2.05, 4.69) is 25.8 Å². The minimum atomic E-state index is -0.241. The standard InChI is InChI=1S/C14H18FN5/c1-14(2,3)19-13-18-12(9-17-20-13)16-8-10-6-4-5-7-11(10)15/h4-7,9H,8H2,1-3H3,(H2,16,18,19,20). The Balaban J connectivity index is 2.03. The fraction of sp³-hybridized carbons (Fsp3) is 0.357. The molecule has 106 valence electrons. The maximum atomic E-state index is 13.5. The smallest absolute Gasteiger partial charge is 0.245 e. The van der Waals surface area contributed by atoms with E-state index < -0.39 is 0 Å². The van der Waals surface area contributed by atoms with Gasteiger partial charge in [-0.05, 0) is 26.8 Å². The molecule has 1 aromatic heterocycles. The molecule has 0 aliphatic heterocycles. The number of nitrogens with zero attached hydrogens (tertiary/aromatic N) is 3. The van der Waals surface area contributed by atoms with Crippen molar-refractivity contribution in [2.75, 3.05) is 10.6 Å². The summed E-state index contributed by atoms with van der Waals surface area (Å²) in [4.78, 5) is 4.28. The molecular weight excluding hydrogens is 257 g/mol. The molecule has 6 heteroatoms. The van der Waals surface area contributed by atoms with Crippen molar-refractivity contribution in [3.63, 3.8) is 0 Å². The molecule has 0 aliphatic carbocycles. The van der Waals surface area contributed by atoms with Crippen LogP contribution in [0.2, 0.25) is 0 Å². The lowest BCUT2D eigenvalue weighted by Gasteiger charge is -2.20. The van der Waals surface area contributed by atoms with Crippen LogP contribution in [0.3, 0.4) is 0 Å². The van der Waals surface area contributed by atoms with Crippen LogP contribution in [0.4, 0.5) is 16.2 Å². The highest BCUT2D eigenvalue weighted by Gasteiger charge is 2.12. The number of benzene rings is 1. The SMILES string of the molecule is CC(C)(C)Nc1nncc(NCc2ccccc2F)n1. The number of nitrogens with one attached hydrogen (secondary N) is 2. The fourth-order valence-corrected chi connectivity index (χ4v) is 1.60. The average molecular weight is 275 g/mol. The van der Waals surface area contributed by atoms with Crippen molar-refractivity contribution in [1.29, 1.82) is 0 Å². The van der Waals surface area contributed by atoms with Crippen LogP contribution in [-0.4, -0.2) is 20.7 Å². The molecule has 0 amide bonds. The van der Waals surface area contributed by atoms with Gasteiger partial charge in [0.1, 0.15) is 5.82 Å². The van der Waals surface area contributed by atoms with E-state index in [9.17, 15) is 4.39 Å². The minimum absolute atomic E-state index is 0.147. The zero-order valence-electron chi connectivity index (χ0n) is 11.8. The van der Waals surface area contributed by atoms with Crippen molar-refractivity contribution >= 4 is 11.8 Å². The van der Waals surface area contributed by atoms with Crippen molar-refractivity contribution < 1.29 is 4.39 Å². The predicted octanol–water partition coefficient (Wildman–Crippen LogP) is 2.83. The van der Waals surface area contributed by atoms with E-state index in [1.54, 1.807) is 18.2 Å². The highest BCUT2D eigenvalue weighted by molar-refractivity contribution is 5.39. The van der Waals surface area contributed by atoms with Gasteiger partial charge in [0.2, 0.25) is 5.95 Å². The van der Waals surface area contributed by atoms with Crippen molar-refractivity contribution in [2.24, 2.45) is 0 Å². The molecule has 5 nitrogen and oxygen atoms in total. The molecule has 0 spiro atoms. The zero-order valence-corrected chi connectivity index (χ0v) is 11.8. The summed E-state index contributed by atoms with van der Waals surface area (Å²) < 4.78 is 13.5. The van der Waals surface area contributed by atoms with Gasteiger partial charge in [-0.15, -0.1) is 5.10 Å². The maximum Gasteiger partial charge on any atom is 0.245 e. The number of hydrogen-bond donors (Lipinski definition) is 2. The Morgan fingerprint density at radius 2 is 1.95 bits per heavy atom. The molecule has 0 aliphatic rings. The van der Waals surface area contributed by atoms with Crippen molar-refractivity contribution in [3.05, 3.63) is 41.8 Å². The Hall–Kier alpha value is -2.24. The van der Waals surface area contributed by atoms with Crippen LogP contribution in [0.5, 0.6) is 0 Å². The first kappa shape index (κ1) is 14.2. The Morgan fingerprint density at radius 3 is 2.65 bits per heavy atom. The number of anilines is 2. The van der Waals surface area contributed by atoms with Crippen LogP contribution in [0.25, 0.3) is 0 Å². The summed E-state index contributed by atoms with van der Waals surface area (Å²) in [6, 6.07) is 6.62. The second kappa shape index (κ2) is 5.81. The van der Waals surface area contributed by atoms with E-state index in [1.165, 1.54) is 12.3 Å². The molecule has 0 radical (unpaired) electrons. The van der Waals surface area contributed by atoms with E-state index in [0.29, 0.717) is 23.9 Å². The summed E-state index contributed by atoms with van der Waals surface area (Å²) in [6.45, 7) is 6.38. The van der Waals surface area contributed by atoms with Gasteiger partial charge in [0, 0.05) is 17.6 Å². The summed E-state index contributed by atoms with van der Waals surface area (Å²) in [7, 11) is 0. The molecule has 2 rings (SSSR count). The van der Waals surface area contributed by atoms with Crippen LogP contribution >= 0.6 is 0 Å². The number of aromatic nitrogens is 3. The molecule has 0 atom stereocenters. The summed E-state index contributed by atoms with van der Waals surface area (Å²) in [5, 5.41) is 13.9. The molecular formula is C14H18FN5. The molecule has 1 aromatic carbocycles. The van der Waals surface area contributed by atoms with Gasteiger partial charge in [0.25, 0.3) is 0 Å². The van der Waals surface area contributed by atoms with Gasteiger partial charge in [-0.25, -0.2) is 4.39 Å². The average Bonchev–Trinajstić information content (AvgIpc) is 2.36. The highest BCUT2D eigenvalue weighted by Crippen LogP contribution is 2.12. The maximum absolute atomic E-state index is 13.5. The molecule has 2 N–H and O–H groups in total. The Morgan fingerprint density at radius 1 is 1.20 bits per heavy atom. The molecule has 0 saturated carbocycles. The van der Waals surface area contributed by atoms with E-state index in [-0.39, 0.29) is 11.4 Å².